The molecule has 0 spiro atoms. The third kappa shape index (κ3) is 6.29. The Morgan fingerprint density at radius 1 is 0.947 bits per heavy atom. The summed E-state index contributed by atoms with van der Waals surface area (Å²) < 4.78 is 12.4. The van der Waals surface area contributed by atoms with Gasteiger partial charge in [-0.1, -0.05) is 41.6 Å². The first-order valence-electron chi connectivity index (χ1n) is 12.3. The minimum absolute atomic E-state index is 0.0895. The average molecular weight is 516 g/mol. The number of ether oxygens (including phenoxy) is 2. The highest BCUT2D eigenvalue weighted by Gasteiger charge is 2.34. The minimum atomic E-state index is -0.933. The molecule has 198 valence electrons. The van der Waals surface area contributed by atoms with Gasteiger partial charge in [-0.3, -0.25) is 9.59 Å². The molecular formula is C29H33N5O4. The van der Waals surface area contributed by atoms with Gasteiger partial charge < -0.3 is 19.7 Å². The van der Waals surface area contributed by atoms with Crippen molar-refractivity contribution < 1.29 is 19.1 Å². The van der Waals surface area contributed by atoms with Gasteiger partial charge in [0.25, 0.3) is 0 Å². The van der Waals surface area contributed by atoms with Gasteiger partial charge in [0.1, 0.15) is 29.6 Å². The van der Waals surface area contributed by atoms with Crippen LogP contribution in [0.5, 0.6) is 11.5 Å². The third-order valence-electron chi connectivity index (χ3n) is 5.98. The zero-order valence-electron chi connectivity index (χ0n) is 22.3. The number of methoxy groups -OCH3 is 2. The third-order valence-corrected chi connectivity index (χ3v) is 5.98. The van der Waals surface area contributed by atoms with Crippen LogP contribution in [0, 0.1) is 0 Å². The van der Waals surface area contributed by atoms with Crippen LogP contribution < -0.4 is 14.8 Å². The second-order valence-corrected chi connectivity index (χ2v) is 10.0. The van der Waals surface area contributed by atoms with Crippen molar-refractivity contribution in [3.05, 3.63) is 83.9 Å². The Balaban J connectivity index is 1.79. The predicted molar refractivity (Wildman–Crippen MR) is 145 cm³/mol. The lowest BCUT2D eigenvalue weighted by Gasteiger charge is -2.34. The van der Waals surface area contributed by atoms with E-state index in [4.69, 9.17) is 9.47 Å². The summed E-state index contributed by atoms with van der Waals surface area (Å²) in [6.45, 7) is 5.80. The highest BCUT2D eigenvalue weighted by atomic mass is 16.5. The molecule has 0 aliphatic rings. The Hall–Kier alpha value is -4.40. The number of para-hydroxylation sites is 1. The number of nitrogens with zero attached hydrogens (tertiary/aromatic N) is 4. The maximum absolute atomic E-state index is 14.0. The highest BCUT2D eigenvalue weighted by Crippen LogP contribution is 2.29. The van der Waals surface area contributed by atoms with Crippen molar-refractivity contribution in [3.63, 3.8) is 0 Å². The molecule has 0 fully saturated rings. The topological polar surface area (TPSA) is 98.6 Å². The van der Waals surface area contributed by atoms with E-state index in [1.807, 2.05) is 81.4 Å². The second kappa shape index (κ2) is 11.3. The molecular weight excluding hydrogens is 482 g/mol. The number of carbonyl (C=O) groups excluding carboxylic acids is 2. The van der Waals surface area contributed by atoms with E-state index in [0.717, 1.165) is 11.1 Å². The van der Waals surface area contributed by atoms with Crippen molar-refractivity contribution in [2.75, 3.05) is 14.2 Å². The largest absolute Gasteiger partial charge is 0.497 e. The van der Waals surface area contributed by atoms with Gasteiger partial charge in [0.2, 0.25) is 11.8 Å². The van der Waals surface area contributed by atoms with Crippen molar-refractivity contribution in [2.24, 2.45) is 0 Å². The molecule has 1 N–H and O–H groups in total. The monoisotopic (exact) mass is 515 g/mol. The number of hydrogen-bond donors (Lipinski definition) is 1. The molecule has 9 heteroatoms. The van der Waals surface area contributed by atoms with Gasteiger partial charge in [-0.2, -0.15) is 0 Å². The summed E-state index contributed by atoms with van der Waals surface area (Å²) in [5, 5.41) is 11.4. The maximum Gasteiger partial charge on any atom is 0.247 e. The van der Waals surface area contributed by atoms with Crippen LogP contribution in [-0.4, -0.2) is 51.5 Å². The summed E-state index contributed by atoms with van der Waals surface area (Å²) in [5.41, 5.74) is 2.36. The minimum Gasteiger partial charge on any atom is -0.497 e. The van der Waals surface area contributed by atoms with Crippen molar-refractivity contribution in [3.8, 4) is 11.5 Å². The molecule has 9 nitrogen and oxygen atoms in total. The van der Waals surface area contributed by atoms with Crippen molar-refractivity contribution in [1.82, 2.24) is 25.2 Å². The Morgan fingerprint density at radius 3 is 2.34 bits per heavy atom. The number of fused-ring (bicyclic) bond motifs is 1. The summed E-state index contributed by atoms with van der Waals surface area (Å²) in [7, 11) is 3.16. The number of amides is 2. The standard InChI is InChI=1S/C29H33N5O4/c1-29(2,3)30-28(36)27(21-11-9-13-23(17-21)38-5)33(18-20-10-8-12-22(16-20)37-4)26(35)19-34-25-15-7-6-14-24(25)31-32-34/h6-17,27H,18-19H2,1-5H3,(H,30,36)/t27-/m1/s1. The smallest absolute Gasteiger partial charge is 0.247 e. The molecule has 2 amide bonds. The zero-order chi connectivity index (χ0) is 27.3. The maximum atomic E-state index is 14.0. The molecule has 3 aromatic carbocycles. The Kier molecular flexibility index (Phi) is 7.95. The van der Waals surface area contributed by atoms with Crippen molar-refractivity contribution in [2.45, 2.75) is 45.4 Å². The van der Waals surface area contributed by atoms with Gasteiger partial charge in [-0.15, -0.1) is 5.10 Å². The van der Waals surface area contributed by atoms with E-state index in [0.29, 0.717) is 22.6 Å². The van der Waals surface area contributed by atoms with Gasteiger partial charge >= 0.3 is 0 Å². The molecule has 4 rings (SSSR count). The fourth-order valence-electron chi connectivity index (χ4n) is 4.27. The number of benzene rings is 3. The molecule has 4 aromatic rings. The number of carbonyl (C=O) groups is 2. The predicted octanol–water partition coefficient (Wildman–Crippen LogP) is 4.13. The molecule has 0 aliphatic carbocycles. The molecule has 0 bridgehead atoms. The number of aromatic nitrogens is 3. The molecule has 1 atom stereocenters. The van der Waals surface area contributed by atoms with Gasteiger partial charge in [-0.05, 0) is 68.3 Å². The van der Waals surface area contributed by atoms with Gasteiger partial charge in [0.15, 0.2) is 0 Å². The van der Waals surface area contributed by atoms with Crippen LogP contribution in [0.3, 0.4) is 0 Å². The quantitative estimate of drug-likeness (QED) is 0.360. The molecule has 0 aliphatic heterocycles. The first kappa shape index (κ1) is 26.7. The normalized spacial score (nSPS) is 12.1. The number of hydrogen-bond acceptors (Lipinski definition) is 6. The summed E-state index contributed by atoms with van der Waals surface area (Å²) in [4.78, 5) is 29.4. The van der Waals surface area contributed by atoms with E-state index < -0.39 is 11.6 Å². The summed E-state index contributed by atoms with van der Waals surface area (Å²) in [6.07, 6.45) is 0. The van der Waals surface area contributed by atoms with Crippen LogP contribution in [0.4, 0.5) is 0 Å². The molecule has 0 unspecified atom stereocenters. The highest BCUT2D eigenvalue weighted by molar-refractivity contribution is 5.89. The SMILES string of the molecule is COc1cccc(CN(C(=O)Cn2nnc3ccccc32)[C@@H](C(=O)NC(C)(C)C)c2cccc(OC)c2)c1. The fourth-order valence-corrected chi connectivity index (χ4v) is 4.27. The first-order valence-corrected chi connectivity index (χ1v) is 12.3. The fraction of sp³-hybridized carbons (Fsp3) is 0.310. The van der Waals surface area contributed by atoms with Gasteiger partial charge in [0.05, 0.1) is 19.7 Å². The average Bonchev–Trinajstić information content (AvgIpc) is 3.30. The molecule has 0 saturated heterocycles. The molecule has 0 saturated carbocycles. The van der Waals surface area contributed by atoms with Gasteiger partial charge in [-0.25, -0.2) is 4.68 Å². The zero-order valence-corrected chi connectivity index (χ0v) is 22.3. The van der Waals surface area contributed by atoms with Crippen LogP contribution in [0.1, 0.15) is 37.9 Å². The van der Waals surface area contributed by atoms with Crippen LogP contribution in [0.2, 0.25) is 0 Å². The first-order chi connectivity index (χ1) is 18.2. The van der Waals surface area contributed by atoms with Crippen LogP contribution >= 0.6 is 0 Å². The van der Waals surface area contributed by atoms with Crippen molar-refractivity contribution in [1.29, 1.82) is 0 Å². The molecule has 1 heterocycles. The van der Waals surface area contributed by atoms with E-state index >= 15 is 0 Å². The van der Waals surface area contributed by atoms with E-state index in [-0.39, 0.29) is 24.9 Å². The Labute approximate surface area is 222 Å². The number of rotatable bonds is 9. The lowest BCUT2D eigenvalue weighted by Crippen LogP contribution is -2.49. The summed E-state index contributed by atoms with van der Waals surface area (Å²) in [5.74, 6) is 0.659. The second-order valence-electron chi connectivity index (χ2n) is 10.0. The van der Waals surface area contributed by atoms with Crippen LogP contribution in [-0.2, 0) is 22.7 Å². The van der Waals surface area contributed by atoms with E-state index in [9.17, 15) is 9.59 Å². The van der Waals surface area contributed by atoms with Crippen molar-refractivity contribution >= 4 is 22.8 Å². The Bertz CT molecular complexity index is 1430. The van der Waals surface area contributed by atoms with Crippen LogP contribution in [0.15, 0.2) is 72.8 Å². The van der Waals surface area contributed by atoms with E-state index in [1.165, 1.54) is 0 Å². The number of nitrogens with one attached hydrogen (secondary N) is 1. The Morgan fingerprint density at radius 2 is 1.63 bits per heavy atom. The summed E-state index contributed by atoms with van der Waals surface area (Å²) >= 11 is 0. The lowest BCUT2D eigenvalue weighted by atomic mass is 10.0. The van der Waals surface area contributed by atoms with E-state index in [1.54, 1.807) is 35.9 Å². The van der Waals surface area contributed by atoms with E-state index in [2.05, 4.69) is 15.6 Å². The molecule has 0 radical (unpaired) electrons. The molecule has 38 heavy (non-hydrogen) atoms. The van der Waals surface area contributed by atoms with Gasteiger partial charge in [0, 0.05) is 12.1 Å². The lowest BCUT2D eigenvalue weighted by molar-refractivity contribution is -0.142. The van der Waals surface area contributed by atoms with Crippen LogP contribution in [0.25, 0.3) is 11.0 Å². The molecule has 1 aromatic heterocycles. The summed E-state index contributed by atoms with van der Waals surface area (Å²) in [6, 6.07) is 21.2.